The maximum absolute atomic E-state index is 12.7. The number of hydrogen-bond donors (Lipinski definition) is 2. The second-order valence-corrected chi connectivity index (χ2v) is 7.46. The molecule has 0 bridgehead atoms. The number of fused-ring (bicyclic) bond motifs is 2. The quantitative estimate of drug-likeness (QED) is 0.744. The summed E-state index contributed by atoms with van der Waals surface area (Å²) in [4.78, 5) is 48.4. The SMILES string of the molecule is CCC(=O)N[C@@H](C)C(=O)N1CCC2(CC1)c1nc[nH]c1CCN2C(=O)COC. The molecule has 3 heterocycles. The number of rotatable bonds is 5. The van der Waals surface area contributed by atoms with E-state index < -0.39 is 11.6 Å². The molecule has 3 rings (SSSR count). The third-order valence-corrected chi connectivity index (χ3v) is 5.80. The van der Waals surface area contributed by atoms with Crippen LogP contribution >= 0.6 is 0 Å². The fourth-order valence-electron chi connectivity index (χ4n) is 4.33. The van der Waals surface area contributed by atoms with Gasteiger partial charge in [0.05, 0.1) is 17.6 Å². The monoisotopic (exact) mass is 391 g/mol. The van der Waals surface area contributed by atoms with Crippen LogP contribution in [0.5, 0.6) is 0 Å². The lowest BCUT2D eigenvalue weighted by atomic mass is 9.78. The molecule has 0 saturated carbocycles. The number of piperidine rings is 1. The Hall–Kier alpha value is -2.42. The Labute approximate surface area is 164 Å². The standard InChI is InChI=1S/C19H29N5O4/c1-4-15(25)22-13(2)18(27)23-9-6-19(7-10-23)17-14(20-12-21-17)5-8-24(19)16(26)11-28-3/h12-13H,4-11H2,1-3H3,(H,20,21)(H,22,25)/t13-/m0/s1. The summed E-state index contributed by atoms with van der Waals surface area (Å²) in [6.07, 6.45) is 3.98. The number of ether oxygens (including phenoxy) is 1. The summed E-state index contributed by atoms with van der Waals surface area (Å²) in [7, 11) is 1.52. The average molecular weight is 391 g/mol. The van der Waals surface area contributed by atoms with E-state index in [-0.39, 0.29) is 24.3 Å². The van der Waals surface area contributed by atoms with Gasteiger partial charge in [0.1, 0.15) is 12.6 Å². The van der Waals surface area contributed by atoms with Gasteiger partial charge in [0.15, 0.2) is 0 Å². The van der Waals surface area contributed by atoms with Crippen molar-refractivity contribution in [1.82, 2.24) is 25.1 Å². The van der Waals surface area contributed by atoms with Gasteiger partial charge >= 0.3 is 0 Å². The second-order valence-electron chi connectivity index (χ2n) is 7.46. The number of amides is 3. The number of H-pyrrole nitrogens is 1. The Balaban J connectivity index is 1.76. The number of nitrogens with one attached hydrogen (secondary N) is 2. The smallest absolute Gasteiger partial charge is 0.249 e. The molecule has 9 nitrogen and oxygen atoms in total. The Morgan fingerprint density at radius 2 is 2.04 bits per heavy atom. The van der Waals surface area contributed by atoms with E-state index >= 15 is 0 Å². The zero-order valence-electron chi connectivity index (χ0n) is 16.8. The van der Waals surface area contributed by atoms with Gasteiger partial charge in [0.2, 0.25) is 17.7 Å². The molecule has 28 heavy (non-hydrogen) atoms. The van der Waals surface area contributed by atoms with Crippen LogP contribution in [0.1, 0.15) is 44.5 Å². The zero-order valence-corrected chi connectivity index (χ0v) is 16.8. The molecule has 9 heteroatoms. The van der Waals surface area contributed by atoms with E-state index in [4.69, 9.17) is 4.74 Å². The van der Waals surface area contributed by atoms with Gasteiger partial charge in [-0.1, -0.05) is 6.92 Å². The first-order valence-corrected chi connectivity index (χ1v) is 9.83. The first kappa shape index (κ1) is 20.3. The summed E-state index contributed by atoms with van der Waals surface area (Å²) >= 11 is 0. The van der Waals surface area contributed by atoms with Crippen LogP contribution in [0, 0.1) is 0 Å². The van der Waals surface area contributed by atoms with Gasteiger partial charge in [0, 0.05) is 45.3 Å². The summed E-state index contributed by atoms with van der Waals surface area (Å²) in [6, 6.07) is -0.556. The van der Waals surface area contributed by atoms with Gasteiger partial charge in [0.25, 0.3) is 0 Å². The molecule has 0 radical (unpaired) electrons. The van der Waals surface area contributed by atoms with Gasteiger partial charge in [-0.15, -0.1) is 0 Å². The van der Waals surface area contributed by atoms with E-state index in [1.54, 1.807) is 25.1 Å². The molecule has 2 aliphatic heterocycles. The van der Waals surface area contributed by atoms with Crippen molar-refractivity contribution in [3.05, 3.63) is 17.7 Å². The van der Waals surface area contributed by atoms with E-state index in [1.165, 1.54) is 7.11 Å². The number of carbonyl (C=O) groups is 3. The maximum Gasteiger partial charge on any atom is 0.249 e. The minimum absolute atomic E-state index is 0.0320. The Morgan fingerprint density at radius 1 is 1.32 bits per heavy atom. The topological polar surface area (TPSA) is 108 Å². The third-order valence-electron chi connectivity index (χ3n) is 5.80. The number of nitrogens with zero attached hydrogens (tertiary/aromatic N) is 3. The predicted molar refractivity (Wildman–Crippen MR) is 101 cm³/mol. The lowest BCUT2D eigenvalue weighted by Crippen LogP contribution is -2.60. The molecule has 0 unspecified atom stereocenters. The highest BCUT2D eigenvalue weighted by Gasteiger charge is 2.49. The molecule has 2 N–H and O–H groups in total. The van der Waals surface area contributed by atoms with Crippen molar-refractivity contribution in [2.75, 3.05) is 33.4 Å². The lowest BCUT2D eigenvalue weighted by Gasteiger charge is -2.50. The fourth-order valence-corrected chi connectivity index (χ4v) is 4.33. The molecule has 1 aromatic rings. The number of aromatic amines is 1. The van der Waals surface area contributed by atoms with Crippen molar-refractivity contribution in [2.24, 2.45) is 0 Å². The lowest BCUT2D eigenvalue weighted by molar-refractivity contribution is -0.148. The first-order chi connectivity index (χ1) is 13.4. The molecule has 1 fully saturated rings. The summed E-state index contributed by atoms with van der Waals surface area (Å²) in [6.45, 7) is 5.12. The van der Waals surface area contributed by atoms with Gasteiger partial charge in [-0.05, 0) is 19.8 Å². The summed E-state index contributed by atoms with van der Waals surface area (Å²) in [5.74, 6) is -0.289. The van der Waals surface area contributed by atoms with E-state index in [1.807, 2.05) is 4.90 Å². The minimum Gasteiger partial charge on any atom is -0.375 e. The van der Waals surface area contributed by atoms with Crippen LogP contribution in [0.4, 0.5) is 0 Å². The Morgan fingerprint density at radius 3 is 2.68 bits per heavy atom. The van der Waals surface area contributed by atoms with Crippen LogP contribution in [0.25, 0.3) is 0 Å². The van der Waals surface area contributed by atoms with E-state index in [0.717, 1.165) is 17.8 Å². The number of methoxy groups -OCH3 is 1. The van der Waals surface area contributed by atoms with Crippen molar-refractivity contribution < 1.29 is 19.1 Å². The highest BCUT2D eigenvalue weighted by molar-refractivity contribution is 5.87. The van der Waals surface area contributed by atoms with Crippen LogP contribution in [0.15, 0.2) is 6.33 Å². The normalized spacial score (nSPS) is 19.2. The molecule has 1 atom stereocenters. The average Bonchev–Trinajstić information content (AvgIpc) is 3.18. The molecular weight excluding hydrogens is 362 g/mol. The molecule has 1 aromatic heterocycles. The summed E-state index contributed by atoms with van der Waals surface area (Å²) in [5, 5.41) is 2.72. The third kappa shape index (κ3) is 3.63. The van der Waals surface area contributed by atoms with Crippen molar-refractivity contribution in [1.29, 1.82) is 0 Å². The highest BCUT2D eigenvalue weighted by atomic mass is 16.5. The van der Waals surface area contributed by atoms with Crippen LogP contribution in [-0.2, 0) is 31.1 Å². The van der Waals surface area contributed by atoms with Gasteiger partial charge in [-0.2, -0.15) is 0 Å². The number of carbonyl (C=O) groups excluding carboxylic acids is 3. The minimum atomic E-state index is -0.556. The predicted octanol–water partition coefficient (Wildman–Crippen LogP) is 0.173. The zero-order chi connectivity index (χ0) is 20.3. The van der Waals surface area contributed by atoms with Gasteiger partial charge in [-0.25, -0.2) is 4.98 Å². The van der Waals surface area contributed by atoms with Crippen LogP contribution in [0.2, 0.25) is 0 Å². The largest absolute Gasteiger partial charge is 0.375 e. The fraction of sp³-hybridized carbons (Fsp3) is 0.684. The van der Waals surface area contributed by atoms with E-state index in [2.05, 4.69) is 15.3 Å². The molecule has 2 aliphatic rings. The molecule has 0 aromatic carbocycles. The van der Waals surface area contributed by atoms with Crippen LogP contribution in [0.3, 0.4) is 0 Å². The van der Waals surface area contributed by atoms with Crippen molar-refractivity contribution in [3.63, 3.8) is 0 Å². The molecule has 1 spiro atoms. The van der Waals surface area contributed by atoms with Crippen molar-refractivity contribution in [2.45, 2.75) is 51.1 Å². The molecular formula is C19H29N5O4. The van der Waals surface area contributed by atoms with Crippen molar-refractivity contribution in [3.8, 4) is 0 Å². The number of hydrogen-bond acceptors (Lipinski definition) is 5. The van der Waals surface area contributed by atoms with E-state index in [9.17, 15) is 14.4 Å². The highest BCUT2D eigenvalue weighted by Crippen LogP contribution is 2.42. The van der Waals surface area contributed by atoms with Crippen LogP contribution < -0.4 is 5.32 Å². The Kier molecular flexibility index (Phi) is 6.02. The van der Waals surface area contributed by atoms with Gasteiger partial charge in [-0.3, -0.25) is 14.4 Å². The number of imidazole rings is 1. The molecule has 1 saturated heterocycles. The summed E-state index contributed by atoms with van der Waals surface area (Å²) < 4.78 is 5.07. The number of aromatic nitrogens is 2. The van der Waals surface area contributed by atoms with Gasteiger partial charge < -0.3 is 24.8 Å². The maximum atomic E-state index is 12.7. The molecule has 0 aliphatic carbocycles. The first-order valence-electron chi connectivity index (χ1n) is 9.83. The second kappa shape index (κ2) is 8.30. The number of likely N-dealkylation sites (tertiary alicyclic amines) is 1. The van der Waals surface area contributed by atoms with Crippen molar-refractivity contribution >= 4 is 17.7 Å². The van der Waals surface area contributed by atoms with E-state index in [0.29, 0.717) is 38.9 Å². The molecule has 3 amide bonds. The molecule has 154 valence electrons. The Bertz CT molecular complexity index is 738. The summed E-state index contributed by atoms with van der Waals surface area (Å²) in [5.41, 5.74) is 1.45. The van der Waals surface area contributed by atoms with Crippen LogP contribution in [-0.4, -0.2) is 76.9 Å².